The van der Waals surface area contributed by atoms with Crippen LogP contribution < -0.4 is 20.1 Å². The zero-order chi connectivity index (χ0) is 21.4. The molecule has 1 atom stereocenters. The molecule has 2 rings (SSSR count). The number of carbonyl (C=O) groups excluding carboxylic acids is 1. The molecule has 9 nitrogen and oxygen atoms in total. The van der Waals surface area contributed by atoms with Gasteiger partial charge in [0.25, 0.3) is 11.6 Å². The minimum absolute atomic E-state index is 0.0844. The maximum absolute atomic E-state index is 12.8. The number of hydrogen-bond donors (Lipinski definition) is 2. The Hall–Kier alpha value is -3.33. The molecule has 0 fully saturated rings. The van der Waals surface area contributed by atoms with E-state index >= 15 is 0 Å². The Morgan fingerprint density at radius 1 is 1.10 bits per heavy atom. The molecule has 1 amide bonds. The molecule has 0 spiro atoms. The fraction of sp³-hybridized carbons (Fsp3) is 0.350. The summed E-state index contributed by atoms with van der Waals surface area (Å²) < 4.78 is 15.6. The van der Waals surface area contributed by atoms with Gasteiger partial charge >= 0.3 is 0 Å². The topological polar surface area (TPSA) is 112 Å². The molecule has 0 unspecified atom stereocenters. The van der Waals surface area contributed by atoms with E-state index in [1.54, 1.807) is 32.4 Å². The van der Waals surface area contributed by atoms with E-state index in [0.717, 1.165) is 5.56 Å². The van der Waals surface area contributed by atoms with Crippen LogP contribution in [-0.2, 0) is 11.3 Å². The molecule has 2 aromatic carbocycles. The quantitative estimate of drug-likeness (QED) is 0.463. The van der Waals surface area contributed by atoms with E-state index in [-0.39, 0.29) is 23.8 Å². The Morgan fingerprint density at radius 3 is 2.45 bits per heavy atom. The molecule has 0 aromatic heterocycles. The number of nitro groups is 1. The number of nitro benzene ring substituents is 1. The van der Waals surface area contributed by atoms with Crippen LogP contribution in [0, 0.1) is 10.1 Å². The lowest BCUT2D eigenvalue weighted by Gasteiger charge is -2.17. The molecule has 2 N–H and O–H groups in total. The predicted molar refractivity (Wildman–Crippen MR) is 109 cm³/mol. The number of nitrogens with zero attached hydrogens (tertiary/aromatic N) is 1. The molecule has 0 aliphatic heterocycles. The van der Waals surface area contributed by atoms with Gasteiger partial charge in [0, 0.05) is 37.5 Å². The molecule has 0 saturated carbocycles. The van der Waals surface area contributed by atoms with Gasteiger partial charge < -0.3 is 24.8 Å². The third kappa shape index (κ3) is 5.82. The van der Waals surface area contributed by atoms with Crippen LogP contribution in [0.5, 0.6) is 11.5 Å². The number of non-ortho nitro benzene ring substituents is 1. The Morgan fingerprint density at radius 2 is 1.83 bits per heavy atom. The van der Waals surface area contributed by atoms with Gasteiger partial charge in [-0.05, 0) is 30.7 Å². The molecule has 0 bridgehead atoms. The SMILES string of the molecule is COC[C@@H](C)Nc1ccc([N+](=O)[O-])cc1C(=O)NCc1ccc(OC)c(OC)c1. The molecule has 0 heterocycles. The Kier molecular flexibility index (Phi) is 7.79. The Labute approximate surface area is 169 Å². The first-order valence-corrected chi connectivity index (χ1v) is 8.92. The summed E-state index contributed by atoms with van der Waals surface area (Å²) in [7, 11) is 4.65. The van der Waals surface area contributed by atoms with Crippen LogP contribution in [0.15, 0.2) is 36.4 Å². The van der Waals surface area contributed by atoms with Gasteiger partial charge in [0.15, 0.2) is 11.5 Å². The van der Waals surface area contributed by atoms with E-state index in [2.05, 4.69) is 10.6 Å². The summed E-state index contributed by atoms with van der Waals surface area (Å²) in [4.78, 5) is 23.4. The third-order valence-corrected chi connectivity index (χ3v) is 4.18. The van der Waals surface area contributed by atoms with Crippen molar-refractivity contribution < 1.29 is 23.9 Å². The summed E-state index contributed by atoms with van der Waals surface area (Å²) in [5, 5.41) is 17.1. The van der Waals surface area contributed by atoms with E-state index in [4.69, 9.17) is 14.2 Å². The highest BCUT2D eigenvalue weighted by Crippen LogP contribution is 2.28. The number of carbonyl (C=O) groups is 1. The first-order chi connectivity index (χ1) is 13.9. The molecule has 0 aliphatic rings. The standard InChI is InChI=1S/C20H25N3O6/c1-13(12-27-2)22-17-7-6-15(23(25)26)10-16(17)20(24)21-11-14-5-8-18(28-3)19(9-14)29-4/h5-10,13,22H,11-12H2,1-4H3,(H,21,24)/t13-/m1/s1. The summed E-state index contributed by atoms with van der Waals surface area (Å²) in [5.41, 5.74) is 1.31. The van der Waals surface area contributed by atoms with Gasteiger partial charge in [0.2, 0.25) is 0 Å². The maximum atomic E-state index is 12.8. The van der Waals surface area contributed by atoms with Crippen molar-refractivity contribution in [1.29, 1.82) is 0 Å². The zero-order valence-corrected chi connectivity index (χ0v) is 16.9. The molecular formula is C20H25N3O6. The summed E-state index contributed by atoms with van der Waals surface area (Å²) in [5.74, 6) is 0.695. The smallest absolute Gasteiger partial charge is 0.270 e. The molecule has 0 aliphatic carbocycles. The minimum Gasteiger partial charge on any atom is -0.493 e. The number of rotatable bonds is 10. The lowest BCUT2D eigenvalue weighted by atomic mass is 10.1. The van der Waals surface area contributed by atoms with Gasteiger partial charge in [-0.3, -0.25) is 14.9 Å². The van der Waals surface area contributed by atoms with Gasteiger partial charge in [-0.15, -0.1) is 0 Å². The lowest BCUT2D eigenvalue weighted by molar-refractivity contribution is -0.384. The maximum Gasteiger partial charge on any atom is 0.270 e. The number of hydrogen-bond acceptors (Lipinski definition) is 7. The van der Waals surface area contributed by atoms with E-state index in [1.165, 1.54) is 25.3 Å². The second-order valence-electron chi connectivity index (χ2n) is 6.36. The van der Waals surface area contributed by atoms with Crippen LogP contribution in [-0.4, -0.2) is 44.8 Å². The van der Waals surface area contributed by atoms with Crippen LogP contribution in [0.25, 0.3) is 0 Å². The summed E-state index contributed by atoms with van der Waals surface area (Å²) in [6.07, 6.45) is 0. The summed E-state index contributed by atoms with van der Waals surface area (Å²) in [6, 6.07) is 9.35. The molecule has 9 heteroatoms. The second kappa shape index (κ2) is 10.3. The number of ether oxygens (including phenoxy) is 3. The van der Waals surface area contributed by atoms with Crippen molar-refractivity contribution in [1.82, 2.24) is 5.32 Å². The van der Waals surface area contributed by atoms with Gasteiger partial charge in [-0.2, -0.15) is 0 Å². The molecule has 0 saturated heterocycles. The van der Waals surface area contributed by atoms with E-state index < -0.39 is 10.8 Å². The van der Waals surface area contributed by atoms with Gasteiger partial charge in [-0.25, -0.2) is 0 Å². The zero-order valence-electron chi connectivity index (χ0n) is 16.9. The Balaban J connectivity index is 2.21. The van der Waals surface area contributed by atoms with Crippen LogP contribution >= 0.6 is 0 Å². The summed E-state index contributed by atoms with van der Waals surface area (Å²) in [6.45, 7) is 2.52. The van der Waals surface area contributed by atoms with E-state index in [0.29, 0.717) is 23.8 Å². The van der Waals surface area contributed by atoms with Crippen molar-refractivity contribution in [2.75, 3.05) is 33.3 Å². The fourth-order valence-electron chi connectivity index (χ4n) is 2.78. The molecule has 156 valence electrons. The third-order valence-electron chi connectivity index (χ3n) is 4.18. The van der Waals surface area contributed by atoms with Crippen LogP contribution in [0.4, 0.5) is 11.4 Å². The molecule has 0 radical (unpaired) electrons. The monoisotopic (exact) mass is 403 g/mol. The average molecular weight is 403 g/mol. The van der Waals surface area contributed by atoms with Gasteiger partial charge in [-0.1, -0.05) is 6.07 Å². The van der Waals surface area contributed by atoms with Crippen molar-refractivity contribution >= 4 is 17.3 Å². The van der Waals surface area contributed by atoms with Gasteiger partial charge in [0.05, 0.1) is 31.3 Å². The van der Waals surface area contributed by atoms with E-state index in [1.807, 2.05) is 6.92 Å². The number of amides is 1. The largest absolute Gasteiger partial charge is 0.493 e. The van der Waals surface area contributed by atoms with Crippen molar-refractivity contribution in [2.45, 2.75) is 19.5 Å². The highest BCUT2D eigenvalue weighted by atomic mass is 16.6. The minimum atomic E-state index is -0.534. The normalized spacial score (nSPS) is 11.4. The van der Waals surface area contributed by atoms with Crippen molar-refractivity contribution in [3.63, 3.8) is 0 Å². The number of anilines is 1. The first-order valence-electron chi connectivity index (χ1n) is 8.92. The van der Waals surface area contributed by atoms with E-state index in [9.17, 15) is 14.9 Å². The highest BCUT2D eigenvalue weighted by Gasteiger charge is 2.18. The molecule has 29 heavy (non-hydrogen) atoms. The highest BCUT2D eigenvalue weighted by molar-refractivity contribution is 6.00. The predicted octanol–water partition coefficient (Wildman–Crippen LogP) is 2.99. The van der Waals surface area contributed by atoms with Crippen LogP contribution in [0.3, 0.4) is 0 Å². The Bertz CT molecular complexity index is 871. The van der Waals surface area contributed by atoms with Gasteiger partial charge in [0.1, 0.15) is 0 Å². The van der Waals surface area contributed by atoms with Crippen molar-refractivity contribution in [3.05, 3.63) is 57.6 Å². The fourth-order valence-corrected chi connectivity index (χ4v) is 2.78. The number of methoxy groups -OCH3 is 3. The van der Waals surface area contributed by atoms with Crippen LogP contribution in [0.1, 0.15) is 22.8 Å². The lowest BCUT2D eigenvalue weighted by Crippen LogP contribution is -2.27. The number of nitrogens with one attached hydrogen (secondary N) is 2. The van der Waals surface area contributed by atoms with Crippen LogP contribution in [0.2, 0.25) is 0 Å². The van der Waals surface area contributed by atoms with Crippen molar-refractivity contribution in [3.8, 4) is 11.5 Å². The second-order valence-corrected chi connectivity index (χ2v) is 6.36. The average Bonchev–Trinajstić information content (AvgIpc) is 2.71. The summed E-state index contributed by atoms with van der Waals surface area (Å²) >= 11 is 0. The number of benzene rings is 2. The molecular weight excluding hydrogens is 378 g/mol. The first kappa shape index (κ1) is 22.0. The van der Waals surface area contributed by atoms with Crippen molar-refractivity contribution in [2.24, 2.45) is 0 Å². The molecule has 2 aromatic rings.